The van der Waals surface area contributed by atoms with Gasteiger partial charge in [-0.2, -0.15) is 0 Å². The molecule has 1 nitrogen and oxygen atoms in total. The summed E-state index contributed by atoms with van der Waals surface area (Å²) in [5.41, 5.74) is 2.10. The highest BCUT2D eigenvalue weighted by atomic mass is 79.9. The summed E-state index contributed by atoms with van der Waals surface area (Å²) in [5, 5.41) is 5.46. The second-order valence-electron chi connectivity index (χ2n) is 7.77. The van der Waals surface area contributed by atoms with Gasteiger partial charge in [-0.05, 0) is 48.8 Å². The summed E-state index contributed by atoms with van der Waals surface area (Å²) in [6.45, 7) is 0. The summed E-state index contributed by atoms with van der Waals surface area (Å²) in [6.07, 6.45) is 0. The Morgan fingerprint density at radius 3 is 1.44 bits per heavy atom. The van der Waals surface area contributed by atoms with E-state index in [4.69, 9.17) is 4.98 Å². The van der Waals surface area contributed by atoms with Crippen LogP contribution in [-0.2, 0) is 0 Å². The molecule has 0 atom stereocenters. The van der Waals surface area contributed by atoms with Gasteiger partial charge in [0.25, 0.3) is 0 Å². The van der Waals surface area contributed by atoms with E-state index in [1.807, 2.05) is 12.1 Å². The Bertz CT molecular complexity index is 1220. The number of nitrogens with zero attached hydrogens (tertiary/aromatic N) is 1. The second-order valence-corrected chi connectivity index (χ2v) is 12.4. The molecule has 0 fully saturated rings. The van der Waals surface area contributed by atoms with Crippen LogP contribution in [0.2, 0.25) is 0 Å². The number of rotatable bonds is 5. The Labute approximate surface area is 198 Å². The Morgan fingerprint density at radius 2 is 0.938 bits per heavy atom. The Kier molecular flexibility index (Phi) is 5.85. The lowest BCUT2D eigenvalue weighted by atomic mass is 10.1. The molecule has 0 aliphatic carbocycles. The summed E-state index contributed by atoms with van der Waals surface area (Å²) in [6, 6.07) is 48.0. The molecule has 32 heavy (non-hydrogen) atoms. The van der Waals surface area contributed by atoms with Crippen LogP contribution in [0.1, 0.15) is 0 Å². The van der Waals surface area contributed by atoms with Gasteiger partial charge in [0, 0.05) is 5.56 Å². The maximum Gasteiger partial charge on any atom is 0.179 e. The van der Waals surface area contributed by atoms with Crippen molar-refractivity contribution in [3.8, 4) is 11.3 Å². The first-order valence-corrected chi connectivity index (χ1v) is 13.5. The minimum Gasteiger partial charge on any atom is -0.241 e. The zero-order valence-corrected chi connectivity index (χ0v) is 20.1. The van der Waals surface area contributed by atoms with E-state index < -0.39 is 8.07 Å². The van der Waals surface area contributed by atoms with Crippen LogP contribution < -0.4 is 20.7 Å². The van der Waals surface area contributed by atoms with Gasteiger partial charge in [0.15, 0.2) is 8.07 Å². The predicted octanol–water partition coefficient (Wildman–Crippen LogP) is 4.89. The van der Waals surface area contributed by atoms with Crippen molar-refractivity contribution in [2.75, 3.05) is 0 Å². The fourth-order valence-corrected chi connectivity index (χ4v) is 9.68. The van der Waals surface area contributed by atoms with E-state index in [1.165, 1.54) is 20.7 Å². The fourth-order valence-electron chi connectivity index (χ4n) is 4.55. The van der Waals surface area contributed by atoms with Gasteiger partial charge in [0.1, 0.15) is 4.60 Å². The number of aromatic nitrogens is 1. The maximum atomic E-state index is 4.72. The number of halogens is 1. The van der Waals surface area contributed by atoms with E-state index in [0.717, 1.165) is 15.9 Å². The zero-order valence-electron chi connectivity index (χ0n) is 17.5. The van der Waals surface area contributed by atoms with Gasteiger partial charge in [-0.3, -0.25) is 0 Å². The first-order valence-electron chi connectivity index (χ1n) is 10.7. The van der Waals surface area contributed by atoms with E-state index in [2.05, 4.69) is 137 Å². The van der Waals surface area contributed by atoms with Gasteiger partial charge in [-0.1, -0.05) is 121 Å². The lowest BCUT2D eigenvalue weighted by molar-refractivity contribution is 1.28. The number of hydrogen-bond acceptors (Lipinski definition) is 1. The van der Waals surface area contributed by atoms with Crippen molar-refractivity contribution in [3.05, 3.63) is 138 Å². The zero-order chi connectivity index (χ0) is 21.8. The third kappa shape index (κ3) is 3.75. The van der Waals surface area contributed by atoms with Crippen LogP contribution in [0.4, 0.5) is 0 Å². The molecule has 0 saturated carbocycles. The van der Waals surface area contributed by atoms with Gasteiger partial charge in [0.05, 0.1) is 5.69 Å². The molecule has 154 valence electrons. The Balaban J connectivity index is 1.85. The van der Waals surface area contributed by atoms with E-state index in [-0.39, 0.29) is 0 Å². The highest BCUT2D eigenvalue weighted by molar-refractivity contribution is 9.10. The molecule has 0 radical (unpaired) electrons. The van der Waals surface area contributed by atoms with Gasteiger partial charge >= 0.3 is 0 Å². The smallest absolute Gasteiger partial charge is 0.179 e. The van der Waals surface area contributed by atoms with Crippen molar-refractivity contribution in [1.82, 2.24) is 4.98 Å². The van der Waals surface area contributed by atoms with Gasteiger partial charge in [-0.15, -0.1) is 0 Å². The third-order valence-electron chi connectivity index (χ3n) is 5.93. The molecule has 0 bridgehead atoms. The summed E-state index contributed by atoms with van der Waals surface area (Å²) < 4.78 is 0.845. The lowest BCUT2D eigenvalue weighted by Gasteiger charge is -2.34. The normalized spacial score (nSPS) is 11.3. The van der Waals surface area contributed by atoms with Gasteiger partial charge in [-0.25, -0.2) is 4.98 Å². The summed E-state index contributed by atoms with van der Waals surface area (Å²) in [4.78, 5) is 4.72. The third-order valence-corrected chi connectivity index (χ3v) is 11.1. The summed E-state index contributed by atoms with van der Waals surface area (Å²) in [7, 11) is -2.52. The molecule has 0 spiro atoms. The van der Waals surface area contributed by atoms with Crippen LogP contribution in [0.5, 0.6) is 0 Å². The minimum atomic E-state index is -2.52. The monoisotopic (exact) mass is 491 g/mol. The molecule has 1 aromatic heterocycles. The average molecular weight is 492 g/mol. The molecule has 0 unspecified atom stereocenters. The van der Waals surface area contributed by atoms with Crippen molar-refractivity contribution < 1.29 is 0 Å². The highest BCUT2D eigenvalue weighted by Gasteiger charge is 2.41. The van der Waals surface area contributed by atoms with E-state index in [0.29, 0.717) is 0 Å². The molecule has 0 N–H and O–H groups in total. The number of benzene rings is 4. The Morgan fingerprint density at radius 1 is 0.469 bits per heavy atom. The van der Waals surface area contributed by atoms with Gasteiger partial charge < -0.3 is 0 Å². The van der Waals surface area contributed by atoms with Crippen molar-refractivity contribution in [1.29, 1.82) is 0 Å². The molecule has 1 heterocycles. The van der Waals surface area contributed by atoms with Crippen molar-refractivity contribution in [3.63, 3.8) is 0 Å². The highest BCUT2D eigenvalue weighted by Crippen LogP contribution is 2.20. The van der Waals surface area contributed by atoms with Crippen LogP contribution in [0.3, 0.4) is 0 Å². The summed E-state index contributed by atoms with van der Waals surface area (Å²) >= 11 is 3.53. The number of hydrogen-bond donors (Lipinski definition) is 0. The SMILES string of the molecule is Brc1cccc(-c2cccc([Si](c3ccccc3)(c3ccccc3)c3ccccc3)c2)n1. The van der Waals surface area contributed by atoms with E-state index in [1.54, 1.807) is 0 Å². The molecular weight excluding hydrogens is 470 g/mol. The molecular formula is C29H22BrNSi. The largest absolute Gasteiger partial charge is 0.241 e. The average Bonchev–Trinajstić information content (AvgIpc) is 2.87. The van der Waals surface area contributed by atoms with Crippen molar-refractivity contribution in [2.24, 2.45) is 0 Å². The lowest BCUT2D eigenvalue weighted by Crippen LogP contribution is -2.74. The first kappa shape index (κ1) is 20.6. The van der Waals surface area contributed by atoms with Crippen LogP contribution in [-0.4, -0.2) is 13.1 Å². The Hall–Kier alpha value is -3.27. The van der Waals surface area contributed by atoms with Gasteiger partial charge in [0.2, 0.25) is 0 Å². The quantitative estimate of drug-likeness (QED) is 0.194. The van der Waals surface area contributed by atoms with Crippen LogP contribution in [0, 0.1) is 0 Å². The molecule has 3 heteroatoms. The standard InChI is InChI=1S/C29H22BrNSi/c30-29-21-11-20-28(31-29)23-12-10-19-27(22-23)32(24-13-4-1-5-14-24,25-15-6-2-7-16-25)26-17-8-3-9-18-26/h1-22H. The second kappa shape index (κ2) is 9.07. The first-order chi connectivity index (χ1) is 15.8. The maximum absolute atomic E-state index is 4.72. The molecule has 0 aliphatic rings. The van der Waals surface area contributed by atoms with E-state index in [9.17, 15) is 0 Å². The molecule has 0 saturated heterocycles. The summed E-state index contributed by atoms with van der Waals surface area (Å²) in [5.74, 6) is 0. The molecule has 4 aromatic carbocycles. The molecule has 5 rings (SSSR count). The predicted molar refractivity (Wildman–Crippen MR) is 141 cm³/mol. The number of pyridine rings is 1. The molecule has 5 aromatic rings. The van der Waals surface area contributed by atoms with Crippen LogP contribution >= 0.6 is 15.9 Å². The molecule has 0 amide bonds. The van der Waals surface area contributed by atoms with Crippen molar-refractivity contribution >= 4 is 44.8 Å². The molecule has 0 aliphatic heterocycles. The van der Waals surface area contributed by atoms with Crippen LogP contribution in [0.25, 0.3) is 11.3 Å². The fraction of sp³-hybridized carbons (Fsp3) is 0. The van der Waals surface area contributed by atoms with Crippen molar-refractivity contribution in [2.45, 2.75) is 0 Å². The van der Waals surface area contributed by atoms with Crippen LogP contribution in [0.15, 0.2) is 138 Å². The van der Waals surface area contributed by atoms with E-state index >= 15 is 0 Å². The minimum absolute atomic E-state index is 0.845. The topological polar surface area (TPSA) is 12.9 Å².